The van der Waals surface area contributed by atoms with Gasteiger partial charge in [-0.25, -0.2) is 12.8 Å². The first-order valence-corrected chi connectivity index (χ1v) is 9.58. The Balaban J connectivity index is 1.81. The lowest BCUT2D eigenvalue weighted by atomic mass is 10.1. The molecule has 1 aliphatic heterocycles. The van der Waals surface area contributed by atoms with Crippen molar-refractivity contribution in [3.63, 3.8) is 0 Å². The van der Waals surface area contributed by atoms with E-state index in [4.69, 9.17) is 5.11 Å². The zero-order valence-electron chi connectivity index (χ0n) is 14.3. The van der Waals surface area contributed by atoms with Gasteiger partial charge in [-0.1, -0.05) is 6.07 Å². The van der Waals surface area contributed by atoms with Gasteiger partial charge in [-0.15, -0.1) is 0 Å². The number of hydrogen-bond donors (Lipinski definition) is 2. The number of carboxylic acid groups (broad SMARTS) is 1. The first-order chi connectivity index (χ1) is 12.7. The van der Waals surface area contributed by atoms with E-state index in [1.165, 1.54) is 47.4 Å². The number of benzene rings is 2. The van der Waals surface area contributed by atoms with Gasteiger partial charge in [0.25, 0.3) is 10.0 Å². The van der Waals surface area contributed by atoms with Crippen LogP contribution in [-0.2, 0) is 19.6 Å². The lowest BCUT2D eigenvalue weighted by molar-refractivity contribution is -0.141. The Labute approximate surface area is 155 Å². The molecule has 27 heavy (non-hydrogen) atoms. The van der Waals surface area contributed by atoms with E-state index in [1.807, 2.05) is 0 Å². The molecule has 0 saturated carbocycles. The smallest absolute Gasteiger partial charge is 0.308 e. The second kappa shape index (κ2) is 6.99. The van der Waals surface area contributed by atoms with Crippen molar-refractivity contribution < 1.29 is 27.5 Å². The van der Waals surface area contributed by atoms with Crippen LogP contribution >= 0.6 is 0 Å². The van der Waals surface area contributed by atoms with Gasteiger partial charge in [-0.3, -0.25) is 14.3 Å². The van der Waals surface area contributed by atoms with Gasteiger partial charge in [0, 0.05) is 18.7 Å². The second-order valence-electron chi connectivity index (χ2n) is 6.33. The number of nitrogens with zero attached hydrogens (tertiary/aromatic N) is 1. The quantitative estimate of drug-likeness (QED) is 0.813. The summed E-state index contributed by atoms with van der Waals surface area (Å²) in [5.74, 6) is -2.86. The summed E-state index contributed by atoms with van der Waals surface area (Å²) in [6, 6.07) is 9.50. The highest BCUT2D eigenvalue weighted by molar-refractivity contribution is 7.92. The lowest BCUT2D eigenvalue weighted by Gasteiger charge is -2.17. The van der Waals surface area contributed by atoms with Crippen LogP contribution in [0.15, 0.2) is 47.4 Å². The summed E-state index contributed by atoms with van der Waals surface area (Å²) >= 11 is 0. The molecule has 2 aromatic rings. The van der Waals surface area contributed by atoms with Gasteiger partial charge < -0.3 is 10.0 Å². The van der Waals surface area contributed by atoms with Crippen LogP contribution in [0.1, 0.15) is 12.0 Å². The molecule has 0 bridgehead atoms. The summed E-state index contributed by atoms with van der Waals surface area (Å²) in [5, 5.41) is 9.03. The molecule has 9 heteroatoms. The van der Waals surface area contributed by atoms with E-state index in [-0.39, 0.29) is 29.5 Å². The van der Waals surface area contributed by atoms with E-state index in [2.05, 4.69) is 4.72 Å². The average Bonchev–Trinajstić information content (AvgIpc) is 3.00. The Morgan fingerprint density at radius 1 is 1.22 bits per heavy atom. The van der Waals surface area contributed by atoms with Crippen LogP contribution in [0.2, 0.25) is 0 Å². The fourth-order valence-corrected chi connectivity index (χ4v) is 3.91. The first-order valence-electron chi connectivity index (χ1n) is 8.09. The topological polar surface area (TPSA) is 104 Å². The highest BCUT2D eigenvalue weighted by Crippen LogP contribution is 2.27. The molecule has 2 aromatic carbocycles. The maximum Gasteiger partial charge on any atom is 0.308 e. The van der Waals surface area contributed by atoms with Crippen molar-refractivity contribution in [3.8, 4) is 0 Å². The van der Waals surface area contributed by atoms with Gasteiger partial charge in [0.2, 0.25) is 5.91 Å². The van der Waals surface area contributed by atoms with Crippen molar-refractivity contribution in [1.82, 2.24) is 0 Å². The van der Waals surface area contributed by atoms with E-state index >= 15 is 0 Å². The van der Waals surface area contributed by atoms with Gasteiger partial charge >= 0.3 is 5.97 Å². The van der Waals surface area contributed by atoms with E-state index in [9.17, 15) is 22.4 Å². The molecule has 1 atom stereocenters. The molecule has 0 radical (unpaired) electrons. The normalized spacial score (nSPS) is 17.2. The van der Waals surface area contributed by atoms with Crippen LogP contribution < -0.4 is 9.62 Å². The van der Waals surface area contributed by atoms with E-state index < -0.39 is 27.7 Å². The monoisotopic (exact) mass is 392 g/mol. The molecule has 1 amide bonds. The van der Waals surface area contributed by atoms with Gasteiger partial charge in [0.15, 0.2) is 0 Å². The Hall–Kier alpha value is -2.94. The minimum atomic E-state index is -4.02. The average molecular weight is 392 g/mol. The van der Waals surface area contributed by atoms with Crippen molar-refractivity contribution in [2.45, 2.75) is 18.2 Å². The predicted molar refractivity (Wildman–Crippen MR) is 96.5 cm³/mol. The molecule has 0 spiro atoms. The molecule has 0 unspecified atom stereocenters. The number of nitrogens with one attached hydrogen (secondary N) is 1. The van der Waals surface area contributed by atoms with Crippen molar-refractivity contribution in [2.24, 2.45) is 5.92 Å². The van der Waals surface area contributed by atoms with Gasteiger partial charge in [0.05, 0.1) is 16.5 Å². The van der Waals surface area contributed by atoms with E-state index in [1.54, 1.807) is 6.92 Å². The summed E-state index contributed by atoms with van der Waals surface area (Å²) in [6.07, 6.45) is -0.0937. The van der Waals surface area contributed by atoms with Crippen LogP contribution in [0.5, 0.6) is 0 Å². The van der Waals surface area contributed by atoms with E-state index in [0.29, 0.717) is 11.3 Å². The van der Waals surface area contributed by atoms with Gasteiger partial charge in [-0.2, -0.15) is 0 Å². The fraction of sp³-hybridized carbons (Fsp3) is 0.222. The number of anilines is 2. The number of sulfonamides is 1. The van der Waals surface area contributed by atoms with Crippen LogP contribution in [0.25, 0.3) is 0 Å². The maximum absolute atomic E-state index is 13.8. The Morgan fingerprint density at radius 3 is 2.48 bits per heavy atom. The minimum absolute atomic E-state index is 0.0347. The third kappa shape index (κ3) is 3.92. The van der Waals surface area contributed by atoms with Crippen LogP contribution in [0.4, 0.5) is 15.8 Å². The summed E-state index contributed by atoms with van der Waals surface area (Å²) in [5.41, 5.74) is 0.951. The van der Waals surface area contributed by atoms with Crippen molar-refractivity contribution in [3.05, 3.63) is 53.8 Å². The molecule has 1 aliphatic rings. The molecule has 3 rings (SSSR count). The predicted octanol–water partition coefficient (Wildman–Crippen LogP) is 2.37. The molecule has 1 saturated heterocycles. The highest BCUT2D eigenvalue weighted by atomic mass is 32.2. The summed E-state index contributed by atoms with van der Waals surface area (Å²) in [4.78, 5) is 24.2. The third-order valence-corrected chi connectivity index (χ3v) is 5.68. The minimum Gasteiger partial charge on any atom is -0.481 e. The van der Waals surface area contributed by atoms with Crippen molar-refractivity contribution in [1.29, 1.82) is 0 Å². The largest absolute Gasteiger partial charge is 0.481 e. The molecule has 0 aromatic heterocycles. The van der Waals surface area contributed by atoms with Crippen LogP contribution in [-0.4, -0.2) is 31.9 Å². The molecule has 1 fully saturated rings. The van der Waals surface area contributed by atoms with Crippen LogP contribution in [0.3, 0.4) is 0 Å². The number of rotatable bonds is 5. The highest BCUT2D eigenvalue weighted by Gasteiger charge is 2.35. The zero-order chi connectivity index (χ0) is 19.8. The third-order valence-electron chi connectivity index (χ3n) is 4.30. The number of amides is 1. The summed E-state index contributed by atoms with van der Waals surface area (Å²) in [7, 11) is -4.02. The Kier molecular flexibility index (Phi) is 4.88. The number of halogens is 1. The molecular weight excluding hydrogens is 375 g/mol. The van der Waals surface area contributed by atoms with Crippen LogP contribution in [0, 0.1) is 18.7 Å². The maximum atomic E-state index is 13.8. The van der Waals surface area contributed by atoms with E-state index in [0.717, 1.165) is 0 Å². The van der Waals surface area contributed by atoms with Crippen molar-refractivity contribution in [2.75, 3.05) is 16.2 Å². The summed E-state index contributed by atoms with van der Waals surface area (Å²) in [6.45, 7) is 1.75. The Morgan fingerprint density at radius 2 is 1.89 bits per heavy atom. The lowest BCUT2D eigenvalue weighted by Crippen LogP contribution is -2.25. The van der Waals surface area contributed by atoms with Crippen molar-refractivity contribution >= 4 is 33.3 Å². The summed E-state index contributed by atoms with van der Waals surface area (Å²) < 4.78 is 40.9. The fourth-order valence-electron chi connectivity index (χ4n) is 2.85. The molecule has 2 N–H and O–H groups in total. The second-order valence-corrected chi connectivity index (χ2v) is 8.01. The molecule has 142 valence electrons. The number of aliphatic carboxylic acids is 1. The first kappa shape index (κ1) is 18.8. The standard InChI is InChI=1S/C18H17FN2O5S/c1-11-2-7-15(19)16(8-11)20-27(25,26)14-5-3-13(4-6-14)21-10-12(18(23)24)9-17(21)22/h2-8,12,20H,9-10H2,1H3,(H,23,24)/t12-/m0/s1. The number of carbonyl (C=O) groups excluding carboxylic acids is 1. The number of hydrogen-bond acceptors (Lipinski definition) is 4. The number of aryl methyl sites for hydroxylation is 1. The molecule has 1 heterocycles. The van der Waals surface area contributed by atoms with Gasteiger partial charge in [0.1, 0.15) is 5.82 Å². The molecular formula is C18H17FN2O5S. The molecule has 0 aliphatic carbocycles. The Bertz CT molecular complexity index is 1000. The zero-order valence-corrected chi connectivity index (χ0v) is 15.2. The van der Waals surface area contributed by atoms with Gasteiger partial charge in [-0.05, 0) is 48.9 Å². The molecule has 7 nitrogen and oxygen atoms in total. The SMILES string of the molecule is Cc1ccc(F)c(NS(=O)(=O)c2ccc(N3C[C@@H](C(=O)O)CC3=O)cc2)c1. The number of carboxylic acids is 1. The number of carbonyl (C=O) groups is 2.